The molecule has 0 saturated heterocycles. The van der Waals surface area contributed by atoms with E-state index < -0.39 is 10.0 Å². The predicted octanol–water partition coefficient (Wildman–Crippen LogP) is 4.71. The largest absolute Gasteiger partial charge is 0.279 e. The number of benzene rings is 1. The van der Waals surface area contributed by atoms with Crippen LogP contribution in [0.15, 0.2) is 29.3 Å². The molecular formula is C20H29N3O2S. The second-order valence-electron chi connectivity index (χ2n) is 8.36. The highest BCUT2D eigenvalue weighted by molar-refractivity contribution is 7.92. The van der Waals surface area contributed by atoms with Crippen molar-refractivity contribution in [1.29, 1.82) is 0 Å². The summed E-state index contributed by atoms with van der Waals surface area (Å²) in [5.74, 6) is 0. The molecule has 0 aliphatic heterocycles. The van der Waals surface area contributed by atoms with Gasteiger partial charge in [-0.3, -0.25) is 9.40 Å². The van der Waals surface area contributed by atoms with E-state index in [-0.39, 0.29) is 10.3 Å². The lowest BCUT2D eigenvalue weighted by molar-refractivity contribution is 0.448. The second kappa shape index (κ2) is 6.72. The van der Waals surface area contributed by atoms with E-state index in [1.54, 1.807) is 12.3 Å². The third kappa shape index (κ3) is 3.65. The Bertz CT molecular complexity index is 902. The van der Waals surface area contributed by atoms with Gasteiger partial charge in [-0.1, -0.05) is 45.7 Å². The molecule has 6 heteroatoms. The summed E-state index contributed by atoms with van der Waals surface area (Å²) in [6.07, 6.45) is 6.21. The number of anilines is 1. The summed E-state index contributed by atoms with van der Waals surface area (Å²) in [6.45, 7) is 9.92. The maximum atomic E-state index is 13.2. The molecule has 1 aromatic carbocycles. The van der Waals surface area contributed by atoms with Crippen LogP contribution in [-0.2, 0) is 15.4 Å². The maximum Gasteiger partial charge on any atom is 0.265 e. The number of hydrogen-bond donors (Lipinski definition) is 1. The minimum atomic E-state index is -3.71. The van der Waals surface area contributed by atoms with Crippen LogP contribution >= 0.6 is 0 Å². The van der Waals surface area contributed by atoms with Crippen LogP contribution in [-0.4, -0.2) is 18.2 Å². The van der Waals surface area contributed by atoms with Gasteiger partial charge in [0.2, 0.25) is 0 Å². The summed E-state index contributed by atoms with van der Waals surface area (Å²) < 4.78 is 31.1. The van der Waals surface area contributed by atoms with Gasteiger partial charge in [0.25, 0.3) is 10.0 Å². The fraction of sp³-hybridized carbons (Fsp3) is 0.550. The van der Waals surface area contributed by atoms with Crippen LogP contribution in [0.25, 0.3) is 0 Å². The van der Waals surface area contributed by atoms with Crippen LogP contribution in [0.1, 0.15) is 69.3 Å². The van der Waals surface area contributed by atoms with Gasteiger partial charge < -0.3 is 0 Å². The SMILES string of the molecule is Cc1cccc(NS(=O)(=O)c2cn(C3CCCC3)nc2C(C)(C)C)c1C. The molecule has 1 heterocycles. The normalized spacial score (nSPS) is 16.2. The van der Waals surface area contributed by atoms with Crippen molar-refractivity contribution in [3.8, 4) is 0 Å². The Morgan fingerprint density at radius 3 is 2.42 bits per heavy atom. The second-order valence-corrected chi connectivity index (χ2v) is 10.0. The average Bonchev–Trinajstić information content (AvgIpc) is 3.19. The van der Waals surface area contributed by atoms with Gasteiger partial charge >= 0.3 is 0 Å². The zero-order valence-corrected chi connectivity index (χ0v) is 17.2. The van der Waals surface area contributed by atoms with E-state index in [2.05, 4.69) is 4.72 Å². The Kier molecular flexibility index (Phi) is 4.90. The molecule has 1 saturated carbocycles. The summed E-state index contributed by atoms with van der Waals surface area (Å²) >= 11 is 0. The highest BCUT2D eigenvalue weighted by atomic mass is 32.2. The molecule has 1 fully saturated rings. The van der Waals surface area contributed by atoms with Crippen LogP contribution in [0.5, 0.6) is 0 Å². The fourth-order valence-electron chi connectivity index (χ4n) is 3.51. The van der Waals surface area contributed by atoms with Crippen molar-refractivity contribution in [2.24, 2.45) is 0 Å². The van der Waals surface area contributed by atoms with Crippen LogP contribution < -0.4 is 4.72 Å². The molecule has 1 aliphatic carbocycles. The molecule has 0 spiro atoms. The Hall–Kier alpha value is -1.82. The van der Waals surface area contributed by atoms with Gasteiger partial charge in [-0.15, -0.1) is 0 Å². The van der Waals surface area contributed by atoms with Gasteiger partial charge in [0.05, 0.1) is 17.4 Å². The van der Waals surface area contributed by atoms with E-state index in [0.29, 0.717) is 17.4 Å². The van der Waals surface area contributed by atoms with Crippen molar-refractivity contribution in [3.05, 3.63) is 41.2 Å². The van der Waals surface area contributed by atoms with Gasteiger partial charge in [0.1, 0.15) is 4.90 Å². The van der Waals surface area contributed by atoms with Gasteiger partial charge in [-0.05, 0) is 43.9 Å². The Morgan fingerprint density at radius 2 is 1.81 bits per heavy atom. The van der Waals surface area contributed by atoms with Crippen LogP contribution in [0.3, 0.4) is 0 Å². The topological polar surface area (TPSA) is 64.0 Å². The lowest BCUT2D eigenvalue weighted by Crippen LogP contribution is -2.21. The highest BCUT2D eigenvalue weighted by Crippen LogP contribution is 2.34. The number of rotatable bonds is 4. The molecule has 2 aromatic rings. The first-order valence-electron chi connectivity index (χ1n) is 9.28. The molecule has 0 atom stereocenters. The highest BCUT2D eigenvalue weighted by Gasteiger charge is 2.32. The van der Waals surface area contributed by atoms with Crippen molar-refractivity contribution in [2.75, 3.05) is 4.72 Å². The summed E-state index contributed by atoms with van der Waals surface area (Å²) in [7, 11) is -3.71. The number of hydrogen-bond acceptors (Lipinski definition) is 3. The molecular weight excluding hydrogens is 346 g/mol. The van der Waals surface area contributed by atoms with E-state index in [1.807, 2.05) is 51.4 Å². The smallest absolute Gasteiger partial charge is 0.265 e. The summed E-state index contributed by atoms with van der Waals surface area (Å²) in [5, 5.41) is 4.71. The minimum Gasteiger partial charge on any atom is -0.279 e. The summed E-state index contributed by atoms with van der Waals surface area (Å²) in [6, 6.07) is 5.96. The lowest BCUT2D eigenvalue weighted by atomic mass is 9.92. The van der Waals surface area contributed by atoms with E-state index in [4.69, 9.17) is 5.10 Å². The molecule has 3 rings (SSSR count). The molecule has 26 heavy (non-hydrogen) atoms. The average molecular weight is 376 g/mol. The first-order valence-corrected chi connectivity index (χ1v) is 10.8. The zero-order chi connectivity index (χ0) is 19.1. The summed E-state index contributed by atoms with van der Waals surface area (Å²) in [4.78, 5) is 0.290. The zero-order valence-electron chi connectivity index (χ0n) is 16.3. The van der Waals surface area contributed by atoms with E-state index in [1.165, 1.54) is 12.8 Å². The first kappa shape index (κ1) is 19.0. The van der Waals surface area contributed by atoms with Gasteiger partial charge in [-0.25, -0.2) is 8.42 Å². The lowest BCUT2D eigenvalue weighted by Gasteiger charge is -2.18. The molecule has 1 aromatic heterocycles. The van der Waals surface area contributed by atoms with Crippen LogP contribution in [0, 0.1) is 13.8 Å². The quantitative estimate of drug-likeness (QED) is 0.841. The molecule has 1 N–H and O–H groups in total. The molecule has 5 nitrogen and oxygen atoms in total. The molecule has 0 bridgehead atoms. The number of sulfonamides is 1. The van der Waals surface area contributed by atoms with Crippen LogP contribution in [0.4, 0.5) is 5.69 Å². The van der Waals surface area contributed by atoms with Gasteiger partial charge in [0, 0.05) is 11.6 Å². The number of aromatic nitrogens is 2. The third-order valence-electron chi connectivity index (χ3n) is 5.25. The van der Waals surface area contributed by atoms with Crippen molar-refractivity contribution in [2.45, 2.75) is 76.7 Å². The number of aryl methyl sites for hydroxylation is 1. The minimum absolute atomic E-state index is 0.290. The van der Waals surface area contributed by atoms with E-state index in [0.717, 1.165) is 24.0 Å². The van der Waals surface area contributed by atoms with Crippen molar-refractivity contribution in [3.63, 3.8) is 0 Å². The van der Waals surface area contributed by atoms with Gasteiger partial charge in [0.15, 0.2) is 0 Å². The Balaban J connectivity index is 2.04. The van der Waals surface area contributed by atoms with Crippen molar-refractivity contribution < 1.29 is 8.42 Å². The molecule has 0 radical (unpaired) electrons. The first-order chi connectivity index (χ1) is 12.1. The van der Waals surface area contributed by atoms with E-state index >= 15 is 0 Å². The summed E-state index contributed by atoms with van der Waals surface area (Å²) in [5.41, 5.74) is 2.90. The Labute approximate surface area is 156 Å². The van der Waals surface area contributed by atoms with E-state index in [9.17, 15) is 8.42 Å². The molecule has 142 valence electrons. The molecule has 0 unspecified atom stereocenters. The number of nitrogens with one attached hydrogen (secondary N) is 1. The third-order valence-corrected chi connectivity index (χ3v) is 6.61. The standard InChI is InChI=1S/C20H29N3O2S/c1-14-9-8-12-17(15(14)2)22-26(24,25)18-13-23(16-10-6-7-11-16)21-19(18)20(3,4)5/h8-9,12-13,16,22H,6-7,10-11H2,1-5H3. The molecule has 0 amide bonds. The fourth-order valence-corrected chi connectivity index (χ4v) is 4.98. The predicted molar refractivity (Wildman–Crippen MR) is 105 cm³/mol. The van der Waals surface area contributed by atoms with Crippen LogP contribution in [0.2, 0.25) is 0 Å². The molecule has 1 aliphatic rings. The maximum absolute atomic E-state index is 13.2. The number of nitrogens with zero attached hydrogens (tertiary/aromatic N) is 2. The monoisotopic (exact) mass is 375 g/mol. The Morgan fingerprint density at radius 1 is 1.15 bits per heavy atom. The van der Waals surface area contributed by atoms with Crippen molar-refractivity contribution in [1.82, 2.24) is 9.78 Å². The van der Waals surface area contributed by atoms with Gasteiger partial charge in [-0.2, -0.15) is 5.10 Å². The van der Waals surface area contributed by atoms with Crippen molar-refractivity contribution >= 4 is 15.7 Å².